The monoisotopic (exact) mass is 150 g/mol. The van der Waals surface area contributed by atoms with Gasteiger partial charge >= 0.3 is 0 Å². The molecule has 0 N–H and O–H groups in total. The summed E-state index contributed by atoms with van der Waals surface area (Å²) < 4.78 is 22.3. The summed E-state index contributed by atoms with van der Waals surface area (Å²) in [5, 5.41) is 0. The lowest BCUT2D eigenvalue weighted by molar-refractivity contribution is 0.476. The van der Waals surface area contributed by atoms with E-state index in [1.165, 1.54) is 11.4 Å². The third kappa shape index (κ3) is 3.48. The van der Waals surface area contributed by atoms with Crippen LogP contribution in [0.4, 0.5) is 0 Å². The zero-order chi connectivity index (χ0) is 7.49. The summed E-state index contributed by atoms with van der Waals surface area (Å²) in [5.41, 5.74) is 0. The van der Waals surface area contributed by atoms with Crippen molar-refractivity contribution >= 4 is 10.0 Å². The Labute approximate surface area is 56.7 Å². The molecule has 0 saturated heterocycles. The zero-order valence-corrected chi connectivity index (χ0v) is 6.61. The summed E-state index contributed by atoms with van der Waals surface area (Å²) in [6, 6.07) is 0. The van der Waals surface area contributed by atoms with Crippen LogP contribution in [-0.4, -0.2) is 26.3 Å². The topological polar surface area (TPSA) is 37.4 Å². The molecule has 3 nitrogen and oxygen atoms in total. The van der Waals surface area contributed by atoms with Crippen LogP contribution in [0.25, 0.3) is 0 Å². The van der Waals surface area contributed by atoms with Crippen molar-refractivity contribution in [3.05, 3.63) is 6.26 Å². The molecule has 0 saturated carbocycles. The quantitative estimate of drug-likeness (QED) is 0.585. The van der Waals surface area contributed by atoms with Gasteiger partial charge in [-0.1, -0.05) is 6.92 Å². The molecule has 0 aliphatic rings. The first-order valence-corrected chi connectivity index (χ1v) is 4.38. The Hall–Kier alpha value is -0.0900. The largest absolute Gasteiger partial charge is 0.214 e. The third-order valence-electron chi connectivity index (χ3n) is 1.01. The Balaban J connectivity index is 3.90. The van der Waals surface area contributed by atoms with Gasteiger partial charge in [0.2, 0.25) is 10.0 Å². The molecule has 0 spiro atoms. The van der Waals surface area contributed by atoms with E-state index < -0.39 is 10.0 Å². The Kier molecular flexibility index (Phi) is 3.14. The summed E-state index contributed by atoms with van der Waals surface area (Å²) in [4.78, 5) is 0. The van der Waals surface area contributed by atoms with Crippen LogP contribution >= 0.6 is 0 Å². The Bertz CT molecular complexity index is 162. The van der Waals surface area contributed by atoms with E-state index in [9.17, 15) is 8.42 Å². The number of hydrogen-bond donors (Lipinski definition) is 0. The normalized spacial score (nSPS) is 12.4. The second-order valence-corrected chi connectivity index (χ2v) is 3.72. The van der Waals surface area contributed by atoms with Crippen LogP contribution in [0.2, 0.25) is 0 Å². The smallest absolute Gasteiger partial charge is 0.212 e. The first-order valence-electron chi connectivity index (χ1n) is 2.78. The highest BCUT2D eigenvalue weighted by molar-refractivity contribution is 7.90. The first kappa shape index (κ1) is 8.91. The number of hydrogen-bond acceptors (Lipinski definition) is 2. The van der Waals surface area contributed by atoms with Crippen LogP contribution in [0, 0.1) is 6.26 Å². The highest BCUT2D eigenvalue weighted by atomic mass is 32.2. The van der Waals surface area contributed by atoms with E-state index in [2.05, 4.69) is 6.26 Å². The maximum absolute atomic E-state index is 10.5. The van der Waals surface area contributed by atoms with Crippen LogP contribution in [0.1, 0.15) is 13.3 Å². The first-order chi connectivity index (χ1) is 3.98. The fraction of sp³-hybridized carbons (Fsp3) is 0.800. The number of rotatable bonds is 3. The van der Waals surface area contributed by atoms with Crippen molar-refractivity contribution in [1.82, 2.24) is 4.31 Å². The minimum Gasteiger partial charge on any atom is -0.212 e. The standard InChI is InChI=1S/C5H12NO2S/c1-4-5-6(2)9(3,7)8/h3-5H2,1-2H3. The fourth-order valence-electron chi connectivity index (χ4n) is 0.454. The highest BCUT2D eigenvalue weighted by Gasteiger charge is 2.07. The molecule has 0 aromatic rings. The van der Waals surface area contributed by atoms with Gasteiger partial charge in [0.15, 0.2) is 0 Å². The van der Waals surface area contributed by atoms with Gasteiger partial charge in [-0.25, -0.2) is 12.7 Å². The fourth-order valence-corrected chi connectivity index (χ4v) is 0.915. The lowest BCUT2D eigenvalue weighted by Crippen LogP contribution is -2.24. The molecule has 55 valence electrons. The van der Waals surface area contributed by atoms with Gasteiger partial charge in [-0.2, -0.15) is 0 Å². The van der Waals surface area contributed by atoms with Gasteiger partial charge in [-0.05, 0) is 6.42 Å². The van der Waals surface area contributed by atoms with E-state index in [4.69, 9.17) is 0 Å². The van der Waals surface area contributed by atoms with E-state index in [0.717, 1.165) is 6.42 Å². The van der Waals surface area contributed by atoms with Crippen LogP contribution < -0.4 is 0 Å². The average molecular weight is 150 g/mol. The Morgan fingerprint density at radius 1 is 1.56 bits per heavy atom. The van der Waals surface area contributed by atoms with E-state index in [1.54, 1.807) is 0 Å². The predicted octanol–water partition coefficient (Wildman–Crippen LogP) is 0.450. The van der Waals surface area contributed by atoms with Gasteiger partial charge in [-0.15, -0.1) is 0 Å². The van der Waals surface area contributed by atoms with Gasteiger partial charge in [0.25, 0.3) is 0 Å². The molecule has 0 bridgehead atoms. The van der Waals surface area contributed by atoms with Crippen molar-refractivity contribution in [2.45, 2.75) is 13.3 Å². The van der Waals surface area contributed by atoms with E-state index >= 15 is 0 Å². The highest BCUT2D eigenvalue weighted by Crippen LogP contribution is 1.94. The zero-order valence-electron chi connectivity index (χ0n) is 5.79. The van der Waals surface area contributed by atoms with Crippen molar-refractivity contribution < 1.29 is 8.42 Å². The molecule has 0 heterocycles. The molecule has 0 aromatic carbocycles. The lowest BCUT2D eigenvalue weighted by Gasteiger charge is -2.10. The average Bonchev–Trinajstić information content (AvgIpc) is 1.64. The van der Waals surface area contributed by atoms with Crippen molar-refractivity contribution in [1.29, 1.82) is 0 Å². The van der Waals surface area contributed by atoms with E-state index in [1.807, 2.05) is 6.92 Å². The lowest BCUT2D eigenvalue weighted by atomic mass is 10.5. The van der Waals surface area contributed by atoms with Gasteiger partial charge in [0.05, 0.1) is 6.26 Å². The van der Waals surface area contributed by atoms with Gasteiger partial charge in [-0.3, -0.25) is 0 Å². The van der Waals surface area contributed by atoms with Gasteiger partial charge < -0.3 is 0 Å². The molecule has 0 aliphatic heterocycles. The maximum Gasteiger partial charge on any atom is 0.214 e. The minimum atomic E-state index is -3.18. The van der Waals surface area contributed by atoms with Crippen molar-refractivity contribution in [3.63, 3.8) is 0 Å². The summed E-state index contributed by atoms with van der Waals surface area (Å²) >= 11 is 0. The van der Waals surface area contributed by atoms with Crippen molar-refractivity contribution in [2.24, 2.45) is 0 Å². The summed E-state index contributed by atoms with van der Waals surface area (Å²) in [6.07, 6.45) is 3.81. The molecule has 0 unspecified atom stereocenters. The molecule has 0 rings (SSSR count). The van der Waals surface area contributed by atoms with Crippen molar-refractivity contribution in [2.75, 3.05) is 13.6 Å². The minimum absolute atomic E-state index is 0.547. The van der Waals surface area contributed by atoms with Crippen LogP contribution in [0.15, 0.2) is 0 Å². The molecule has 0 atom stereocenters. The molecular weight excluding hydrogens is 138 g/mol. The Morgan fingerprint density at radius 2 is 2.00 bits per heavy atom. The summed E-state index contributed by atoms with van der Waals surface area (Å²) in [6.45, 7) is 2.47. The molecule has 4 heteroatoms. The number of sulfonamides is 1. The van der Waals surface area contributed by atoms with Gasteiger partial charge in [0, 0.05) is 13.6 Å². The molecule has 9 heavy (non-hydrogen) atoms. The maximum atomic E-state index is 10.5. The SMILES string of the molecule is [CH2]S(=O)(=O)N(C)CCC. The molecule has 0 aliphatic carbocycles. The van der Waals surface area contributed by atoms with Crippen LogP contribution in [-0.2, 0) is 10.0 Å². The summed E-state index contributed by atoms with van der Waals surface area (Å²) in [5.74, 6) is 0. The van der Waals surface area contributed by atoms with E-state index in [0.29, 0.717) is 6.54 Å². The van der Waals surface area contributed by atoms with Crippen molar-refractivity contribution in [3.8, 4) is 0 Å². The third-order valence-corrected chi connectivity index (χ3v) is 2.15. The second-order valence-electron chi connectivity index (χ2n) is 1.93. The number of nitrogens with zero attached hydrogens (tertiary/aromatic N) is 1. The molecule has 0 amide bonds. The predicted molar refractivity (Wildman–Crippen MR) is 37.2 cm³/mol. The molecular formula is C5H12NO2S. The Morgan fingerprint density at radius 3 is 2.11 bits per heavy atom. The molecule has 1 radical (unpaired) electrons. The summed E-state index contributed by atoms with van der Waals surface area (Å²) in [7, 11) is -1.66. The van der Waals surface area contributed by atoms with Gasteiger partial charge in [0.1, 0.15) is 0 Å². The molecule has 0 aromatic heterocycles. The van der Waals surface area contributed by atoms with E-state index in [-0.39, 0.29) is 0 Å². The van der Waals surface area contributed by atoms with Crippen LogP contribution in [0.3, 0.4) is 0 Å². The van der Waals surface area contributed by atoms with Crippen LogP contribution in [0.5, 0.6) is 0 Å². The molecule has 0 fully saturated rings. The second kappa shape index (κ2) is 3.17.